The third kappa shape index (κ3) is 5.59. The maximum atomic E-state index is 13.0. The Morgan fingerprint density at radius 1 is 1.00 bits per heavy atom. The number of benzene rings is 2. The highest BCUT2D eigenvalue weighted by molar-refractivity contribution is 7.91. The molecule has 3 aromatic rings. The van der Waals surface area contributed by atoms with Crippen LogP contribution >= 0.6 is 11.3 Å². The van der Waals surface area contributed by atoms with E-state index in [0.29, 0.717) is 17.2 Å². The molecule has 158 valence electrons. The summed E-state index contributed by atoms with van der Waals surface area (Å²) in [6.07, 6.45) is 0.193. The largest absolute Gasteiger partial charge is 0.497 e. The van der Waals surface area contributed by atoms with E-state index in [2.05, 4.69) is 10.0 Å². The Balaban J connectivity index is 1.86. The topological polar surface area (TPSA) is 93.7 Å². The molecule has 0 aliphatic rings. The van der Waals surface area contributed by atoms with Crippen LogP contribution in [-0.4, -0.2) is 34.6 Å². The zero-order valence-corrected chi connectivity index (χ0v) is 18.1. The molecule has 1 atom stereocenters. The summed E-state index contributed by atoms with van der Waals surface area (Å²) in [5.41, 5.74) is 1.26. The lowest BCUT2D eigenvalue weighted by Gasteiger charge is -2.19. The average molecular weight is 447 g/mol. The maximum Gasteiger partial charge on any atom is 0.250 e. The van der Waals surface area contributed by atoms with Crippen LogP contribution in [0.2, 0.25) is 0 Å². The summed E-state index contributed by atoms with van der Waals surface area (Å²) in [6.45, 7) is 0. The summed E-state index contributed by atoms with van der Waals surface area (Å²) in [4.78, 5) is 13.0. The molecule has 0 bridgehead atoms. The molecule has 1 aromatic heterocycles. The molecule has 0 aliphatic carbocycles. The van der Waals surface area contributed by atoms with E-state index in [4.69, 9.17) is 9.47 Å². The number of hydrogen-bond donors (Lipinski definition) is 2. The first-order valence-corrected chi connectivity index (χ1v) is 11.4. The number of rotatable bonds is 9. The Morgan fingerprint density at radius 3 is 2.23 bits per heavy atom. The molecule has 2 aromatic carbocycles. The maximum absolute atomic E-state index is 13.0. The number of thiophene rings is 1. The van der Waals surface area contributed by atoms with Gasteiger partial charge in [0.2, 0.25) is 5.91 Å². The highest BCUT2D eigenvalue weighted by Gasteiger charge is 2.27. The van der Waals surface area contributed by atoms with Gasteiger partial charge in [0.15, 0.2) is 0 Å². The molecule has 0 unspecified atom stereocenters. The number of sulfonamides is 1. The van der Waals surface area contributed by atoms with Crippen molar-refractivity contribution in [3.05, 3.63) is 71.6 Å². The van der Waals surface area contributed by atoms with Gasteiger partial charge < -0.3 is 14.8 Å². The monoisotopic (exact) mass is 446 g/mol. The molecule has 0 radical (unpaired) electrons. The lowest BCUT2D eigenvalue weighted by atomic mass is 10.1. The van der Waals surface area contributed by atoms with Gasteiger partial charge in [-0.2, -0.15) is 4.72 Å². The van der Waals surface area contributed by atoms with E-state index < -0.39 is 22.0 Å². The zero-order valence-electron chi connectivity index (χ0n) is 16.5. The Labute approximate surface area is 179 Å². The summed E-state index contributed by atoms with van der Waals surface area (Å²) >= 11 is 1.09. The predicted octanol–water partition coefficient (Wildman–Crippen LogP) is 3.29. The SMILES string of the molecule is COc1cc(NC(=O)[C@H](Cc2ccccc2)NS(=O)(=O)c2cccs2)cc(OC)c1. The fourth-order valence-electron chi connectivity index (χ4n) is 2.81. The van der Waals surface area contributed by atoms with E-state index in [-0.39, 0.29) is 10.6 Å². The van der Waals surface area contributed by atoms with Crippen LogP contribution < -0.4 is 19.5 Å². The third-order valence-electron chi connectivity index (χ3n) is 4.28. The highest BCUT2D eigenvalue weighted by Crippen LogP contribution is 2.26. The Kier molecular flexibility index (Phi) is 7.09. The zero-order chi connectivity index (χ0) is 21.6. The van der Waals surface area contributed by atoms with Crippen molar-refractivity contribution >= 4 is 33.0 Å². The normalized spacial score (nSPS) is 12.2. The van der Waals surface area contributed by atoms with E-state index in [1.54, 1.807) is 29.6 Å². The summed E-state index contributed by atoms with van der Waals surface area (Å²) in [5, 5.41) is 4.43. The second kappa shape index (κ2) is 9.75. The number of hydrogen-bond acceptors (Lipinski definition) is 6. The lowest BCUT2D eigenvalue weighted by Crippen LogP contribution is -2.45. The Morgan fingerprint density at radius 2 is 1.67 bits per heavy atom. The van der Waals surface area contributed by atoms with Gasteiger partial charge >= 0.3 is 0 Å². The number of carbonyl (C=O) groups is 1. The standard InChI is InChI=1S/C21H22N2O5S2/c1-27-17-12-16(13-18(14-17)28-2)22-21(24)19(11-15-7-4-3-5-8-15)23-30(25,26)20-9-6-10-29-20/h3-10,12-14,19,23H,11H2,1-2H3,(H,22,24)/t19-/m0/s1. The van der Waals surface area contributed by atoms with Crippen molar-refractivity contribution in [3.8, 4) is 11.5 Å². The molecule has 0 aliphatic heterocycles. The fourth-order valence-corrected chi connectivity index (χ4v) is 5.01. The molecule has 30 heavy (non-hydrogen) atoms. The predicted molar refractivity (Wildman–Crippen MR) is 117 cm³/mol. The van der Waals surface area contributed by atoms with E-state index in [1.807, 2.05) is 30.3 Å². The fraction of sp³-hybridized carbons (Fsp3) is 0.190. The number of nitrogens with one attached hydrogen (secondary N) is 2. The molecule has 1 heterocycles. The number of anilines is 1. The van der Waals surface area contributed by atoms with Crippen molar-refractivity contribution in [1.82, 2.24) is 4.72 Å². The first kappa shape index (κ1) is 21.8. The van der Waals surface area contributed by atoms with Crippen molar-refractivity contribution in [2.24, 2.45) is 0 Å². The van der Waals surface area contributed by atoms with E-state index >= 15 is 0 Å². The quantitative estimate of drug-likeness (QED) is 0.526. The third-order valence-corrected chi connectivity index (χ3v) is 7.14. The van der Waals surface area contributed by atoms with Crippen molar-refractivity contribution in [3.63, 3.8) is 0 Å². The van der Waals surface area contributed by atoms with Crippen molar-refractivity contribution < 1.29 is 22.7 Å². The summed E-state index contributed by atoms with van der Waals surface area (Å²) < 4.78 is 38.6. The molecule has 7 nitrogen and oxygen atoms in total. The molecule has 2 N–H and O–H groups in total. The van der Waals surface area contributed by atoms with Crippen LogP contribution in [0.25, 0.3) is 0 Å². The van der Waals surface area contributed by atoms with Gasteiger partial charge in [0.05, 0.1) is 14.2 Å². The van der Waals surface area contributed by atoms with Gasteiger partial charge in [0.25, 0.3) is 10.0 Å². The molecule has 0 fully saturated rings. The number of ether oxygens (including phenoxy) is 2. The lowest BCUT2D eigenvalue weighted by molar-refractivity contribution is -0.117. The first-order chi connectivity index (χ1) is 14.4. The summed E-state index contributed by atoms with van der Waals surface area (Å²) in [7, 11) is -0.826. The van der Waals surface area contributed by atoms with Crippen LogP contribution in [0.5, 0.6) is 11.5 Å². The van der Waals surface area contributed by atoms with Gasteiger partial charge in [-0.15, -0.1) is 11.3 Å². The van der Waals surface area contributed by atoms with Gasteiger partial charge in [-0.25, -0.2) is 8.42 Å². The highest BCUT2D eigenvalue weighted by atomic mass is 32.2. The Hall–Kier alpha value is -2.88. The van der Waals surface area contributed by atoms with Crippen LogP contribution in [0.3, 0.4) is 0 Å². The smallest absolute Gasteiger partial charge is 0.250 e. The second-order valence-electron chi connectivity index (χ2n) is 6.39. The summed E-state index contributed by atoms with van der Waals surface area (Å²) in [6, 6.07) is 16.3. The molecule has 3 rings (SSSR count). The first-order valence-electron chi connectivity index (χ1n) is 9.05. The van der Waals surface area contributed by atoms with Crippen molar-refractivity contribution in [2.75, 3.05) is 19.5 Å². The van der Waals surface area contributed by atoms with Gasteiger partial charge in [0, 0.05) is 23.9 Å². The molecule has 9 heteroatoms. The van der Waals surface area contributed by atoms with E-state index in [1.165, 1.54) is 20.3 Å². The van der Waals surface area contributed by atoms with E-state index in [9.17, 15) is 13.2 Å². The van der Waals surface area contributed by atoms with Gasteiger partial charge in [-0.3, -0.25) is 4.79 Å². The Bertz CT molecular complexity index is 1060. The minimum absolute atomic E-state index is 0.149. The van der Waals surface area contributed by atoms with Crippen LogP contribution in [-0.2, 0) is 21.2 Å². The molecule has 0 saturated heterocycles. The summed E-state index contributed by atoms with van der Waals surface area (Å²) in [5.74, 6) is 0.515. The molecular weight excluding hydrogens is 424 g/mol. The molecule has 1 amide bonds. The molecule has 0 saturated carbocycles. The average Bonchev–Trinajstić information content (AvgIpc) is 3.29. The number of amides is 1. The second-order valence-corrected chi connectivity index (χ2v) is 9.27. The van der Waals surface area contributed by atoms with Crippen molar-refractivity contribution in [2.45, 2.75) is 16.7 Å². The van der Waals surface area contributed by atoms with E-state index in [0.717, 1.165) is 16.9 Å². The van der Waals surface area contributed by atoms with Crippen molar-refractivity contribution in [1.29, 1.82) is 0 Å². The minimum Gasteiger partial charge on any atom is -0.497 e. The molecular formula is C21H22N2O5S2. The molecule has 0 spiro atoms. The van der Waals surface area contributed by atoms with Gasteiger partial charge in [0.1, 0.15) is 21.8 Å². The van der Waals surface area contributed by atoms with Gasteiger partial charge in [-0.05, 0) is 23.4 Å². The minimum atomic E-state index is -3.84. The van der Waals surface area contributed by atoms with Crippen LogP contribution in [0.4, 0.5) is 5.69 Å². The van der Waals surface area contributed by atoms with Crippen LogP contribution in [0.1, 0.15) is 5.56 Å². The number of methoxy groups -OCH3 is 2. The van der Waals surface area contributed by atoms with Gasteiger partial charge in [-0.1, -0.05) is 36.4 Å². The van der Waals surface area contributed by atoms with Crippen LogP contribution in [0.15, 0.2) is 70.3 Å². The number of carbonyl (C=O) groups excluding carboxylic acids is 1. The van der Waals surface area contributed by atoms with Crippen LogP contribution in [0, 0.1) is 0 Å².